The second kappa shape index (κ2) is 4.40. The van der Waals surface area contributed by atoms with Crippen LogP contribution in [0.3, 0.4) is 0 Å². The summed E-state index contributed by atoms with van der Waals surface area (Å²) in [6.45, 7) is 3.95. The molecule has 2 rings (SSSR count). The van der Waals surface area contributed by atoms with Crippen molar-refractivity contribution >= 4 is 0 Å². The third-order valence-corrected chi connectivity index (χ3v) is 3.63. The highest BCUT2D eigenvalue weighted by atomic mass is 16.7. The monoisotopic (exact) mass is 214 g/mol. The van der Waals surface area contributed by atoms with Crippen molar-refractivity contribution in [1.29, 1.82) is 0 Å². The summed E-state index contributed by atoms with van der Waals surface area (Å²) >= 11 is 0. The van der Waals surface area contributed by atoms with E-state index in [1.54, 1.807) is 6.92 Å². The summed E-state index contributed by atoms with van der Waals surface area (Å²) in [5.41, 5.74) is 0. The minimum atomic E-state index is -0.380. The number of hydrogen-bond acceptors (Lipinski definition) is 3. The number of ether oxygens (including phenoxy) is 2. The molecule has 0 bridgehead atoms. The van der Waals surface area contributed by atoms with Crippen LogP contribution in [0.5, 0.6) is 0 Å². The molecular formula is C12H22O3. The van der Waals surface area contributed by atoms with Crippen LogP contribution in [-0.4, -0.2) is 29.2 Å². The van der Waals surface area contributed by atoms with Crippen LogP contribution < -0.4 is 0 Å². The molecule has 2 saturated heterocycles. The Morgan fingerprint density at radius 2 is 2.13 bits per heavy atom. The van der Waals surface area contributed by atoms with Gasteiger partial charge >= 0.3 is 0 Å². The molecule has 2 heterocycles. The van der Waals surface area contributed by atoms with E-state index in [-0.39, 0.29) is 18.0 Å². The molecule has 0 aromatic heterocycles. The molecule has 0 amide bonds. The highest BCUT2D eigenvalue weighted by Crippen LogP contribution is 2.41. The van der Waals surface area contributed by atoms with E-state index >= 15 is 0 Å². The molecule has 1 N–H and O–H groups in total. The first kappa shape index (κ1) is 11.4. The second-order valence-corrected chi connectivity index (χ2v) is 4.89. The zero-order valence-electron chi connectivity index (χ0n) is 9.74. The molecule has 3 heteroatoms. The minimum Gasteiger partial charge on any atom is -0.391 e. The third kappa shape index (κ3) is 2.35. The molecule has 88 valence electrons. The van der Waals surface area contributed by atoms with Crippen LogP contribution in [0, 0.1) is 0 Å². The van der Waals surface area contributed by atoms with E-state index < -0.39 is 0 Å². The van der Waals surface area contributed by atoms with Crippen LogP contribution in [-0.2, 0) is 9.47 Å². The fraction of sp³-hybridized carbons (Fsp3) is 1.00. The number of aliphatic hydroxyl groups excluding tert-OH is 1. The highest BCUT2D eigenvalue weighted by molar-refractivity contribution is 4.87. The van der Waals surface area contributed by atoms with Crippen molar-refractivity contribution in [3.8, 4) is 0 Å². The Morgan fingerprint density at radius 3 is 2.73 bits per heavy atom. The molecule has 1 spiro atoms. The molecule has 2 fully saturated rings. The SMILES string of the molecule is CC[C@@H]1CCC[C@]2(CC[C@H]([C@H](C)O)O2)O1. The average Bonchev–Trinajstić information content (AvgIpc) is 2.62. The van der Waals surface area contributed by atoms with Crippen LogP contribution in [0.25, 0.3) is 0 Å². The molecule has 0 aliphatic carbocycles. The fourth-order valence-corrected chi connectivity index (χ4v) is 2.67. The molecule has 4 atom stereocenters. The molecule has 15 heavy (non-hydrogen) atoms. The van der Waals surface area contributed by atoms with Gasteiger partial charge in [-0.25, -0.2) is 0 Å². The van der Waals surface area contributed by atoms with Crippen molar-refractivity contribution in [1.82, 2.24) is 0 Å². The summed E-state index contributed by atoms with van der Waals surface area (Å²) < 4.78 is 11.9. The molecule has 0 aromatic rings. The van der Waals surface area contributed by atoms with Gasteiger partial charge in [0, 0.05) is 12.8 Å². The Labute approximate surface area is 91.8 Å². The predicted molar refractivity (Wildman–Crippen MR) is 57.5 cm³/mol. The lowest BCUT2D eigenvalue weighted by molar-refractivity contribution is -0.277. The standard InChI is InChI=1S/C12H22O3/c1-3-10-5-4-7-12(14-10)8-6-11(15-12)9(2)13/h9-11,13H,3-8H2,1-2H3/t9-,10+,11+,12-/m0/s1. The highest BCUT2D eigenvalue weighted by Gasteiger charge is 2.45. The molecule has 0 radical (unpaired) electrons. The van der Waals surface area contributed by atoms with Gasteiger partial charge in [0.15, 0.2) is 5.79 Å². The van der Waals surface area contributed by atoms with E-state index in [4.69, 9.17) is 9.47 Å². The summed E-state index contributed by atoms with van der Waals surface area (Å²) in [7, 11) is 0. The van der Waals surface area contributed by atoms with E-state index in [0.717, 1.165) is 32.1 Å². The molecular weight excluding hydrogens is 192 g/mol. The first-order valence-corrected chi connectivity index (χ1v) is 6.19. The average molecular weight is 214 g/mol. The topological polar surface area (TPSA) is 38.7 Å². The van der Waals surface area contributed by atoms with Gasteiger partial charge in [-0.05, 0) is 32.6 Å². The summed E-state index contributed by atoms with van der Waals surface area (Å²) in [4.78, 5) is 0. The van der Waals surface area contributed by atoms with Gasteiger partial charge in [-0.15, -0.1) is 0 Å². The lowest BCUT2D eigenvalue weighted by Gasteiger charge is -2.38. The van der Waals surface area contributed by atoms with Gasteiger partial charge in [0.05, 0.1) is 18.3 Å². The normalized spacial score (nSPS) is 43.4. The van der Waals surface area contributed by atoms with Crippen molar-refractivity contribution < 1.29 is 14.6 Å². The zero-order chi connectivity index (χ0) is 10.9. The van der Waals surface area contributed by atoms with Crippen molar-refractivity contribution in [2.24, 2.45) is 0 Å². The molecule has 0 saturated carbocycles. The zero-order valence-corrected chi connectivity index (χ0v) is 9.74. The maximum atomic E-state index is 9.51. The molecule has 3 nitrogen and oxygen atoms in total. The summed E-state index contributed by atoms with van der Waals surface area (Å²) in [5.74, 6) is -0.361. The Balaban J connectivity index is 1.96. The van der Waals surface area contributed by atoms with Crippen LogP contribution in [0.2, 0.25) is 0 Å². The van der Waals surface area contributed by atoms with Crippen molar-refractivity contribution in [2.75, 3.05) is 0 Å². The van der Waals surface area contributed by atoms with Gasteiger partial charge in [-0.3, -0.25) is 0 Å². The van der Waals surface area contributed by atoms with E-state index in [9.17, 15) is 5.11 Å². The van der Waals surface area contributed by atoms with Crippen LogP contribution in [0.15, 0.2) is 0 Å². The first-order valence-electron chi connectivity index (χ1n) is 6.19. The largest absolute Gasteiger partial charge is 0.391 e. The minimum absolute atomic E-state index is 0.0272. The fourth-order valence-electron chi connectivity index (χ4n) is 2.67. The second-order valence-electron chi connectivity index (χ2n) is 4.89. The lowest BCUT2D eigenvalue weighted by Crippen LogP contribution is -2.41. The smallest absolute Gasteiger partial charge is 0.169 e. The van der Waals surface area contributed by atoms with Crippen molar-refractivity contribution in [3.05, 3.63) is 0 Å². The molecule has 0 aromatic carbocycles. The summed E-state index contributed by atoms with van der Waals surface area (Å²) in [5, 5.41) is 9.51. The van der Waals surface area contributed by atoms with Crippen LogP contribution in [0.4, 0.5) is 0 Å². The number of rotatable bonds is 2. The maximum absolute atomic E-state index is 9.51. The van der Waals surface area contributed by atoms with E-state index in [2.05, 4.69) is 6.92 Å². The number of hydrogen-bond donors (Lipinski definition) is 1. The van der Waals surface area contributed by atoms with Gasteiger partial charge < -0.3 is 14.6 Å². The Kier molecular flexibility index (Phi) is 3.33. The van der Waals surface area contributed by atoms with Crippen molar-refractivity contribution in [2.45, 2.75) is 76.5 Å². The number of aliphatic hydroxyl groups is 1. The van der Waals surface area contributed by atoms with Gasteiger partial charge in [-0.2, -0.15) is 0 Å². The molecule has 0 unspecified atom stereocenters. The first-order chi connectivity index (χ1) is 7.15. The quantitative estimate of drug-likeness (QED) is 0.766. The maximum Gasteiger partial charge on any atom is 0.169 e. The van der Waals surface area contributed by atoms with Crippen LogP contribution >= 0.6 is 0 Å². The lowest BCUT2D eigenvalue weighted by atomic mass is 9.97. The Hall–Kier alpha value is -0.120. The van der Waals surface area contributed by atoms with Crippen molar-refractivity contribution in [3.63, 3.8) is 0 Å². The van der Waals surface area contributed by atoms with Gasteiger partial charge in [-0.1, -0.05) is 6.92 Å². The molecule has 2 aliphatic heterocycles. The van der Waals surface area contributed by atoms with Gasteiger partial charge in [0.1, 0.15) is 0 Å². The molecule has 2 aliphatic rings. The predicted octanol–water partition coefficient (Wildman–Crippen LogP) is 2.22. The van der Waals surface area contributed by atoms with E-state index in [1.807, 2.05) is 0 Å². The van der Waals surface area contributed by atoms with Gasteiger partial charge in [0.25, 0.3) is 0 Å². The third-order valence-electron chi connectivity index (χ3n) is 3.63. The van der Waals surface area contributed by atoms with E-state index in [0.29, 0.717) is 6.10 Å². The Bertz CT molecular complexity index is 217. The summed E-state index contributed by atoms with van der Waals surface area (Å²) in [6.07, 6.45) is 6.21. The van der Waals surface area contributed by atoms with E-state index in [1.165, 1.54) is 6.42 Å². The van der Waals surface area contributed by atoms with Gasteiger partial charge in [0.2, 0.25) is 0 Å². The van der Waals surface area contributed by atoms with Crippen LogP contribution in [0.1, 0.15) is 52.4 Å². The summed E-state index contributed by atoms with van der Waals surface area (Å²) in [6, 6.07) is 0. The Morgan fingerprint density at radius 1 is 1.33 bits per heavy atom.